The van der Waals surface area contributed by atoms with Gasteiger partial charge in [0.05, 0.1) is 0 Å². The van der Waals surface area contributed by atoms with Crippen molar-refractivity contribution >= 4 is 0 Å². The van der Waals surface area contributed by atoms with Crippen LogP contribution in [0.15, 0.2) is 0 Å². The first-order chi connectivity index (χ1) is 11.3. The molecule has 0 aromatic rings. The SMILES string of the molecule is CCCCCCCCCCC(CCC)CCCCCCCCC. The molecule has 140 valence electrons. The van der Waals surface area contributed by atoms with Crippen LogP contribution < -0.4 is 0 Å². The number of hydrogen-bond donors (Lipinski definition) is 0. The molecule has 0 aromatic heterocycles. The van der Waals surface area contributed by atoms with Crippen LogP contribution in [0.25, 0.3) is 0 Å². The predicted octanol–water partition coefficient (Wildman–Crippen LogP) is 9.07. The molecule has 1 atom stereocenters. The maximum Gasteiger partial charge on any atom is -0.0414 e. The van der Waals surface area contributed by atoms with Crippen LogP contribution >= 0.6 is 0 Å². The maximum atomic E-state index is 2.37. The second kappa shape index (κ2) is 20.0. The number of rotatable bonds is 19. The minimum atomic E-state index is 1.04. The number of unbranched alkanes of at least 4 members (excludes halogenated alkanes) is 13. The smallest absolute Gasteiger partial charge is 0.0414 e. The summed E-state index contributed by atoms with van der Waals surface area (Å²) in [7, 11) is 0. The maximum absolute atomic E-state index is 2.37. The molecule has 0 aliphatic carbocycles. The molecular formula is C23H48. The van der Waals surface area contributed by atoms with Gasteiger partial charge < -0.3 is 0 Å². The fourth-order valence-corrected chi connectivity index (χ4v) is 3.80. The van der Waals surface area contributed by atoms with E-state index in [9.17, 15) is 0 Å². The van der Waals surface area contributed by atoms with Crippen molar-refractivity contribution in [2.24, 2.45) is 5.92 Å². The fraction of sp³-hybridized carbons (Fsp3) is 1.00. The van der Waals surface area contributed by atoms with Gasteiger partial charge in [0.15, 0.2) is 0 Å². The molecule has 0 saturated heterocycles. The summed E-state index contributed by atoms with van der Waals surface area (Å²) < 4.78 is 0. The average Bonchev–Trinajstić information content (AvgIpc) is 2.56. The third-order valence-corrected chi connectivity index (χ3v) is 5.38. The highest BCUT2D eigenvalue weighted by Crippen LogP contribution is 2.23. The summed E-state index contributed by atoms with van der Waals surface area (Å²) in [5, 5.41) is 0. The highest BCUT2D eigenvalue weighted by molar-refractivity contribution is 4.60. The first-order valence-corrected chi connectivity index (χ1v) is 11.3. The second-order valence-corrected chi connectivity index (χ2v) is 7.83. The third kappa shape index (κ3) is 18.2. The van der Waals surface area contributed by atoms with Gasteiger partial charge in [-0.3, -0.25) is 0 Å². The van der Waals surface area contributed by atoms with E-state index in [4.69, 9.17) is 0 Å². The summed E-state index contributed by atoms with van der Waals surface area (Å²) in [5.41, 5.74) is 0. The van der Waals surface area contributed by atoms with Gasteiger partial charge in [-0.15, -0.1) is 0 Å². The molecule has 0 aliphatic heterocycles. The Bertz CT molecular complexity index is 196. The van der Waals surface area contributed by atoms with Gasteiger partial charge in [0, 0.05) is 0 Å². The molecule has 0 fully saturated rings. The van der Waals surface area contributed by atoms with Gasteiger partial charge in [-0.05, 0) is 5.92 Å². The minimum Gasteiger partial charge on any atom is -0.0654 e. The van der Waals surface area contributed by atoms with Gasteiger partial charge in [0.2, 0.25) is 0 Å². The lowest BCUT2D eigenvalue weighted by Gasteiger charge is -2.16. The lowest BCUT2D eigenvalue weighted by molar-refractivity contribution is 0.377. The standard InChI is InChI=1S/C23H48/c1-4-7-9-11-13-15-17-19-22-23(20-6-3)21-18-16-14-12-10-8-5-2/h23H,4-22H2,1-3H3. The Hall–Kier alpha value is 0. The Balaban J connectivity index is 3.43. The molecular weight excluding hydrogens is 276 g/mol. The molecule has 1 unspecified atom stereocenters. The summed E-state index contributed by atoms with van der Waals surface area (Å²) in [6.07, 6.45) is 27.8. The highest BCUT2D eigenvalue weighted by Gasteiger charge is 2.07. The van der Waals surface area contributed by atoms with E-state index in [0.717, 1.165) is 5.92 Å². The molecule has 0 aliphatic rings. The van der Waals surface area contributed by atoms with E-state index < -0.39 is 0 Å². The van der Waals surface area contributed by atoms with Gasteiger partial charge in [-0.25, -0.2) is 0 Å². The minimum absolute atomic E-state index is 1.04. The zero-order valence-corrected chi connectivity index (χ0v) is 17.0. The Morgan fingerprint density at radius 1 is 0.348 bits per heavy atom. The summed E-state index contributed by atoms with van der Waals surface area (Å²) in [4.78, 5) is 0. The van der Waals surface area contributed by atoms with Gasteiger partial charge in [-0.1, -0.05) is 143 Å². The van der Waals surface area contributed by atoms with E-state index in [1.165, 1.54) is 122 Å². The summed E-state index contributed by atoms with van der Waals surface area (Å²) in [5.74, 6) is 1.04. The summed E-state index contributed by atoms with van der Waals surface area (Å²) in [6.45, 7) is 6.98. The molecule has 0 rings (SSSR count). The molecule has 0 aromatic carbocycles. The monoisotopic (exact) mass is 324 g/mol. The van der Waals surface area contributed by atoms with E-state index in [0.29, 0.717) is 0 Å². The van der Waals surface area contributed by atoms with E-state index >= 15 is 0 Å². The summed E-state index contributed by atoms with van der Waals surface area (Å²) in [6, 6.07) is 0. The van der Waals surface area contributed by atoms with Crippen molar-refractivity contribution in [2.45, 2.75) is 143 Å². The zero-order valence-electron chi connectivity index (χ0n) is 17.0. The van der Waals surface area contributed by atoms with Crippen LogP contribution in [-0.2, 0) is 0 Å². The van der Waals surface area contributed by atoms with Gasteiger partial charge >= 0.3 is 0 Å². The highest BCUT2D eigenvalue weighted by atomic mass is 14.1. The molecule has 0 saturated carbocycles. The van der Waals surface area contributed by atoms with Crippen molar-refractivity contribution in [1.82, 2.24) is 0 Å². The normalized spacial score (nSPS) is 12.7. The van der Waals surface area contributed by atoms with Crippen LogP contribution in [0.4, 0.5) is 0 Å². The molecule has 0 bridgehead atoms. The van der Waals surface area contributed by atoms with Crippen LogP contribution in [0, 0.1) is 5.92 Å². The molecule has 23 heavy (non-hydrogen) atoms. The summed E-state index contributed by atoms with van der Waals surface area (Å²) >= 11 is 0. The van der Waals surface area contributed by atoms with Crippen molar-refractivity contribution in [2.75, 3.05) is 0 Å². The lowest BCUT2D eigenvalue weighted by Crippen LogP contribution is -2.00. The molecule has 0 amide bonds. The Kier molecular flexibility index (Phi) is 20.0. The van der Waals surface area contributed by atoms with Crippen LogP contribution in [0.5, 0.6) is 0 Å². The van der Waals surface area contributed by atoms with E-state index in [-0.39, 0.29) is 0 Å². The lowest BCUT2D eigenvalue weighted by atomic mass is 9.90. The Morgan fingerprint density at radius 3 is 1.04 bits per heavy atom. The molecule has 0 nitrogen and oxygen atoms in total. The molecule has 0 radical (unpaired) electrons. The van der Waals surface area contributed by atoms with E-state index in [2.05, 4.69) is 20.8 Å². The number of hydrogen-bond acceptors (Lipinski definition) is 0. The Labute approximate surface area is 149 Å². The second-order valence-electron chi connectivity index (χ2n) is 7.83. The van der Waals surface area contributed by atoms with Crippen molar-refractivity contribution in [3.05, 3.63) is 0 Å². The predicted molar refractivity (Wildman–Crippen MR) is 108 cm³/mol. The van der Waals surface area contributed by atoms with Crippen molar-refractivity contribution in [1.29, 1.82) is 0 Å². The van der Waals surface area contributed by atoms with Crippen molar-refractivity contribution in [3.8, 4) is 0 Å². The van der Waals surface area contributed by atoms with E-state index in [1.807, 2.05) is 0 Å². The fourth-order valence-electron chi connectivity index (χ4n) is 3.80. The quantitative estimate of drug-likeness (QED) is 0.208. The first kappa shape index (κ1) is 23.0. The van der Waals surface area contributed by atoms with Gasteiger partial charge in [0.25, 0.3) is 0 Å². The van der Waals surface area contributed by atoms with Crippen LogP contribution in [0.3, 0.4) is 0 Å². The van der Waals surface area contributed by atoms with Gasteiger partial charge in [-0.2, -0.15) is 0 Å². The van der Waals surface area contributed by atoms with E-state index in [1.54, 1.807) is 0 Å². The van der Waals surface area contributed by atoms with Gasteiger partial charge in [0.1, 0.15) is 0 Å². The Morgan fingerprint density at radius 2 is 0.696 bits per heavy atom. The zero-order chi connectivity index (χ0) is 17.0. The van der Waals surface area contributed by atoms with Crippen LogP contribution in [0.2, 0.25) is 0 Å². The van der Waals surface area contributed by atoms with Crippen molar-refractivity contribution in [3.63, 3.8) is 0 Å². The molecule has 0 heteroatoms. The topological polar surface area (TPSA) is 0 Å². The third-order valence-electron chi connectivity index (χ3n) is 5.38. The largest absolute Gasteiger partial charge is 0.0654 e. The average molecular weight is 325 g/mol. The van der Waals surface area contributed by atoms with Crippen molar-refractivity contribution < 1.29 is 0 Å². The molecule has 0 heterocycles. The van der Waals surface area contributed by atoms with Crippen LogP contribution in [-0.4, -0.2) is 0 Å². The van der Waals surface area contributed by atoms with Crippen LogP contribution in [0.1, 0.15) is 143 Å². The first-order valence-electron chi connectivity index (χ1n) is 11.3. The molecule has 0 spiro atoms. The molecule has 0 N–H and O–H groups in total.